The summed E-state index contributed by atoms with van der Waals surface area (Å²) < 4.78 is 39.5. The number of non-ortho nitro benzene ring substituents is 1. The van der Waals surface area contributed by atoms with Gasteiger partial charge < -0.3 is 4.90 Å². The van der Waals surface area contributed by atoms with Crippen molar-refractivity contribution in [2.24, 2.45) is 0 Å². The number of rotatable bonds is 4. The van der Waals surface area contributed by atoms with E-state index in [0.29, 0.717) is 23.4 Å². The molecule has 0 atom stereocenters. The molecular formula is C21H16F3N3O3. The molecule has 0 spiro atoms. The first-order chi connectivity index (χ1) is 14.1. The number of nitrogens with zero attached hydrogens (tertiary/aromatic N) is 3. The van der Waals surface area contributed by atoms with Crippen LogP contribution < -0.4 is 4.90 Å². The van der Waals surface area contributed by atoms with E-state index in [1.54, 1.807) is 12.3 Å². The molecule has 2 aromatic carbocycles. The fourth-order valence-corrected chi connectivity index (χ4v) is 3.06. The van der Waals surface area contributed by atoms with Gasteiger partial charge in [-0.05, 0) is 30.2 Å². The van der Waals surface area contributed by atoms with Crippen LogP contribution in [0, 0.1) is 17.0 Å². The van der Waals surface area contributed by atoms with Crippen molar-refractivity contribution in [3.8, 4) is 11.1 Å². The zero-order chi connectivity index (χ0) is 22.1. The molecule has 9 heteroatoms. The van der Waals surface area contributed by atoms with Gasteiger partial charge in [0.25, 0.3) is 11.6 Å². The number of pyridine rings is 1. The number of aryl methyl sites for hydroxylation is 1. The van der Waals surface area contributed by atoms with Crippen LogP contribution in [-0.2, 0) is 6.18 Å². The summed E-state index contributed by atoms with van der Waals surface area (Å²) in [6.45, 7) is 1.89. The van der Waals surface area contributed by atoms with Gasteiger partial charge in [-0.15, -0.1) is 0 Å². The summed E-state index contributed by atoms with van der Waals surface area (Å²) in [4.78, 5) is 28.2. The predicted octanol–water partition coefficient (Wildman–Crippen LogP) is 5.26. The van der Waals surface area contributed by atoms with Crippen molar-refractivity contribution in [2.45, 2.75) is 13.1 Å². The first kappa shape index (κ1) is 21.0. The van der Waals surface area contributed by atoms with E-state index in [0.717, 1.165) is 22.1 Å². The second kappa shape index (κ2) is 7.94. The summed E-state index contributed by atoms with van der Waals surface area (Å²) in [5, 5.41) is 11.1. The maximum atomic E-state index is 13.2. The van der Waals surface area contributed by atoms with E-state index in [9.17, 15) is 28.1 Å². The van der Waals surface area contributed by atoms with Gasteiger partial charge in [0.2, 0.25) is 0 Å². The highest BCUT2D eigenvalue weighted by Crippen LogP contribution is 2.35. The molecule has 0 aliphatic rings. The Labute approximate surface area is 169 Å². The van der Waals surface area contributed by atoms with Gasteiger partial charge in [-0.2, -0.15) is 13.2 Å². The average molecular weight is 415 g/mol. The monoisotopic (exact) mass is 415 g/mol. The quantitative estimate of drug-likeness (QED) is 0.430. The minimum atomic E-state index is -4.83. The maximum Gasteiger partial charge on any atom is 0.416 e. The molecule has 0 N–H and O–H groups in total. The van der Waals surface area contributed by atoms with Crippen LogP contribution in [0.1, 0.15) is 21.5 Å². The normalized spacial score (nSPS) is 11.2. The lowest BCUT2D eigenvalue weighted by Crippen LogP contribution is -2.27. The van der Waals surface area contributed by atoms with Crippen LogP contribution >= 0.6 is 0 Å². The number of aromatic nitrogens is 1. The van der Waals surface area contributed by atoms with Gasteiger partial charge in [0.1, 0.15) is 0 Å². The van der Waals surface area contributed by atoms with E-state index in [-0.39, 0.29) is 0 Å². The zero-order valence-corrected chi connectivity index (χ0v) is 16.0. The van der Waals surface area contributed by atoms with E-state index in [4.69, 9.17) is 0 Å². The first-order valence-electron chi connectivity index (χ1n) is 8.74. The number of halogens is 3. The molecule has 3 rings (SSSR count). The number of alkyl halides is 3. The second-order valence-corrected chi connectivity index (χ2v) is 6.60. The maximum absolute atomic E-state index is 13.2. The lowest BCUT2D eigenvalue weighted by atomic mass is 9.99. The van der Waals surface area contributed by atoms with Crippen LogP contribution in [0.2, 0.25) is 0 Å². The summed E-state index contributed by atoms with van der Waals surface area (Å²) in [6.07, 6.45) is -1.87. The highest BCUT2D eigenvalue weighted by atomic mass is 19.4. The van der Waals surface area contributed by atoms with Gasteiger partial charge in [-0.25, -0.2) is 0 Å². The van der Waals surface area contributed by atoms with Crippen LogP contribution in [0.5, 0.6) is 0 Å². The molecule has 6 nitrogen and oxygen atoms in total. The predicted molar refractivity (Wildman–Crippen MR) is 105 cm³/mol. The number of amides is 1. The van der Waals surface area contributed by atoms with Crippen LogP contribution in [0.3, 0.4) is 0 Å². The molecule has 0 saturated heterocycles. The van der Waals surface area contributed by atoms with Gasteiger partial charge in [-0.3, -0.25) is 19.9 Å². The van der Waals surface area contributed by atoms with E-state index in [2.05, 4.69) is 4.98 Å². The minimum absolute atomic E-state index is 0.358. The Hall–Kier alpha value is -3.75. The second-order valence-electron chi connectivity index (χ2n) is 6.60. The fourth-order valence-electron chi connectivity index (χ4n) is 3.06. The molecule has 1 heterocycles. The molecule has 154 valence electrons. The van der Waals surface area contributed by atoms with Crippen LogP contribution in [0.15, 0.2) is 60.9 Å². The third-order valence-electron chi connectivity index (χ3n) is 4.60. The molecule has 0 fully saturated rings. The van der Waals surface area contributed by atoms with E-state index in [1.165, 1.54) is 13.2 Å². The van der Waals surface area contributed by atoms with Gasteiger partial charge in [0, 0.05) is 36.5 Å². The van der Waals surface area contributed by atoms with Gasteiger partial charge >= 0.3 is 6.18 Å². The molecule has 0 saturated carbocycles. The molecule has 1 amide bonds. The average Bonchev–Trinajstić information content (AvgIpc) is 2.72. The molecule has 0 radical (unpaired) electrons. The number of anilines is 1. The molecule has 1 aromatic heterocycles. The van der Waals surface area contributed by atoms with E-state index in [1.807, 2.05) is 31.2 Å². The van der Waals surface area contributed by atoms with Crippen molar-refractivity contribution < 1.29 is 22.9 Å². The van der Waals surface area contributed by atoms with E-state index >= 15 is 0 Å². The van der Waals surface area contributed by atoms with E-state index < -0.39 is 33.8 Å². The Bertz CT molecular complexity index is 1130. The topological polar surface area (TPSA) is 76.3 Å². The van der Waals surface area contributed by atoms with Crippen LogP contribution in [0.25, 0.3) is 11.1 Å². The summed E-state index contributed by atoms with van der Waals surface area (Å²) >= 11 is 0. The summed E-state index contributed by atoms with van der Waals surface area (Å²) in [5.41, 5.74) is 0.242. The number of carbonyl (C=O) groups is 1. The van der Waals surface area contributed by atoms with Crippen LogP contribution in [0.4, 0.5) is 24.5 Å². The van der Waals surface area contributed by atoms with Crippen molar-refractivity contribution >= 4 is 17.3 Å². The third-order valence-corrected chi connectivity index (χ3v) is 4.60. The molecule has 3 aromatic rings. The standard InChI is InChI=1S/C21H16F3N3O3/c1-13-5-3-4-6-17(13)18-7-8-25-12-19(18)26(2)20(28)14-9-15(21(22,23)24)11-16(10-14)27(29)30/h3-12H,1-2H3. The highest BCUT2D eigenvalue weighted by molar-refractivity contribution is 6.08. The van der Waals surface area contributed by atoms with Crippen molar-refractivity contribution in [1.82, 2.24) is 4.98 Å². The van der Waals surface area contributed by atoms with Crippen molar-refractivity contribution in [3.05, 3.63) is 87.7 Å². The lowest BCUT2D eigenvalue weighted by Gasteiger charge is -2.21. The highest BCUT2D eigenvalue weighted by Gasteiger charge is 2.34. The van der Waals surface area contributed by atoms with Crippen LogP contribution in [-0.4, -0.2) is 22.9 Å². The SMILES string of the molecule is Cc1ccccc1-c1ccncc1N(C)C(=O)c1cc([N+](=O)[O-])cc(C(F)(F)F)c1. The lowest BCUT2D eigenvalue weighted by molar-refractivity contribution is -0.385. The Morgan fingerprint density at radius 3 is 2.43 bits per heavy atom. The molecule has 0 unspecified atom stereocenters. The molecular weight excluding hydrogens is 399 g/mol. The molecule has 0 bridgehead atoms. The minimum Gasteiger partial charge on any atom is -0.309 e. The van der Waals surface area contributed by atoms with Crippen molar-refractivity contribution in [3.63, 3.8) is 0 Å². The smallest absolute Gasteiger partial charge is 0.309 e. The number of nitro benzene ring substituents is 1. The summed E-state index contributed by atoms with van der Waals surface area (Å²) in [5.74, 6) is -0.827. The summed E-state index contributed by atoms with van der Waals surface area (Å²) in [7, 11) is 1.38. The fraction of sp³-hybridized carbons (Fsp3) is 0.143. The Balaban J connectivity index is 2.09. The number of nitro groups is 1. The number of carbonyl (C=O) groups excluding carboxylic acids is 1. The number of hydrogen-bond donors (Lipinski definition) is 0. The van der Waals surface area contributed by atoms with Crippen molar-refractivity contribution in [2.75, 3.05) is 11.9 Å². The Kier molecular flexibility index (Phi) is 5.55. The molecule has 30 heavy (non-hydrogen) atoms. The third kappa shape index (κ3) is 4.14. The summed E-state index contributed by atoms with van der Waals surface area (Å²) in [6, 6.07) is 10.9. The number of hydrogen-bond acceptors (Lipinski definition) is 4. The van der Waals surface area contributed by atoms with Gasteiger partial charge in [0.05, 0.1) is 22.4 Å². The Morgan fingerprint density at radius 2 is 1.80 bits per heavy atom. The number of benzene rings is 2. The Morgan fingerprint density at radius 1 is 1.10 bits per heavy atom. The first-order valence-corrected chi connectivity index (χ1v) is 8.74. The van der Waals surface area contributed by atoms with Gasteiger partial charge in [-0.1, -0.05) is 24.3 Å². The van der Waals surface area contributed by atoms with Gasteiger partial charge in [0.15, 0.2) is 0 Å². The molecule has 0 aliphatic heterocycles. The zero-order valence-electron chi connectivity index (χ0n) is 16.0. The largest absolute Gasteiger partial charge is 0.416 e. The van der Waals surface area contributed by atoms with Crippen molar-refractivity contribution in [1.29, 1.82) is 0 Å². The molecule has 0 aliphatic carbocycles.